The topological polar surface area (TPSA) is 71.1 Å². The summed E-state index contributed by atoms with van der Waals surface area (Å²) >= 11 is 5.40. The highest BCUT2D eigenvalue weighted by Crippen LogP contribution is 2.41. The molecule has 2 fully saturated rings. The van der Waals surface area contributed by atoms with Crippen LogP contribution in [-0.4, -0.2) is 70.9 Å². The average molecular weight is 357 g/mol. The number of methoxy groups -OCH3 is 1. The van der Waals surface area contributed by atoms with E-state index in [4.69, 9.17) is 21.7 Å². The number of fused-ring (bicyclic) bond motifs is 2. The Balaban J connectivity index is 2.31. The normalized spacial score (nSPS) is 26.1. The molecule has 2 aliphatic heterocycles. The lowest BCUT2D eigenvalue weighted by atomic mass is 9.95. The summed E-state index contributed by atoms with van der Waals surface area (Å²) in [7, 11) is 1.35. The van der Waals surface area contributed by atoms with Gasteiger partial charge in [0.2, 0.25) is 0 Å². The Bertz CT molecular complexity index is 534. The molecule has 136 valence electrons. The van der Waals surface area contributed by atoms with E-state index < -0.39 is 23.2 Å². The van der Waals surface area contributed by atoms with Gasteiger partial charge in [0, 0.05) is 13.1 Å². The van der Waals surface area contributed by atoms with E-state index in [1.807, 2.05) is 32.6 Å². The van der Waals surface area contributed by atoms with Gasteiger partial charge in [-0.1, -0.05) is 0 Å². The van der Waals surface area contributed by atoms with Crippen LogP contribution >= 0.6 is 12.2 Å². The predicted octanol–water partition coefficient (Wildman–Crippen LogP) is 1.51. The summed E-state index contributed by atoms with van der Waals surface area (Å²) in [6, 6.07) is -0.121. The van der Waals surface area contributed by atoms with Crippen molar-refractivity contribution in [2.45, 2.75) is 57.7 Å². The second kappa shape index (κ2) is 6.74. The maximum absolute atomic E-state index is 12.7. The van der Waals surface area contributed by atoms with Crippen LogP contribution < -0.4 is 5.32 Å². The van der Waals surface area contributed by atoms with Crippen molar-refractivity contribution in [3.05, 3.63) is 0 Å². The lowest BCUT2D eigenvalue weighted by Crippen LogP contribution is -2.68. The summed E-state index contributed by atoms with van der Waals surface area (Å²) in [5.41, 5.74) is -1.66. The van der Waals surface area contributed by atoms with E-state index in [1.165, 1.54) is 7.11 Å². The Labute approximate surface area is 148 Å². The van der Waals surface area contributed by atoms with Crippen LogP contribution in [0.25, 0.3) is 0 Å². The predicted molar refractivity (Wildman–Crippen MR) is 93.7 cm³/mol. The van der Waals surface area contributed by atoms with Crippen LogP contribution in [0.4, 0.5) is 4.79 Å². The maximum Gasteiger partial charge on any atom is 0.411 e. The number of piperazine rings is 1. The minimum Gasteiger partial charge on any atom is -0.467 e. The first-order valence-corrected chi connectivity index (χ1v) is 8.69. The molecule has 0 radical (unpaired) electrons. The quantitative estimate of drug-likeness (QED) is 0.593. The maximum atomic E-state index is 12.7. The molecule has 1 amide bonds. The van der Waals surface area contributed by atoms with E-state index in [9.17, 15) is 9.59 Å². The zero-order chi connectivity index (χ0) is 18.1. The van der Waals surface area contributed by atoms with Gasteiger partial charge in [-0.2, -0.15) is 0 Å². The first-order valence-electron chi connectivity index (χ1n) is 8.28. The second-order valence-corrected chi connectivity index (χ2v) is 7.67. The fraction of sp³-hybridized carbons (Fsp3) is 0.812. The van der Waals surface area contributed by atoms with Crippen LogP contribution in [0.3, 0.4) is 0 Å². The number of thiocarbonyl (C=S) groups is 1. The summed E-state index contributed by atoms with van der Waals surface area (Å²) in [6.45, 7) is 9.02. The molecule has 2 atom stereocenters. The van der Waals surface area contributed by atoms with E-state index in [0.29, 0.717) is 31.2 Å². The Morgan fingerprint density at radius 1 is 1.38 bits per heavy atom. The zero-order valence-electron chi connectivity index (χ0n) is 15.0. The zero-order valence-corrected chi connectivity index (χ0v) is 15.9. The number of hydrogen-bond donors (Lipinski definition) is 1. The van der Waals surface area contributed by atoms with Crippen molar-refractivity contribution in [1.29, 1.82) is 0 Å². The van der Waals surface area contributed by atoms with Crippen molar-refractivity contribution >= 4 is 29.4 Å². The van der Waals surface area contributed by atoms with Gasteiger partial charge in [0.15, 0.2) is 10.7 Å². The number of nitrogens with one attached hydrogen (secondary N) is 1. The van der Waals surface area contributed by atoms with Crippen LogP contribution in [0.2, 0.25) is 0 Å². The van der Waals surface area contributed by atoms with Gasteiger partial charge in [-0.3, -0.25) is 4.90 Å². The summed E-state index contributed by atoms with van der Waals surface area (Å²) in [5, 5.41) is 3.71. The summed E-state index contributed by atoms with van der Waals surface area (Å²) in [4.78, 5) is 28.9. The van der Waals surface area contributed by atoms with Crippen molar-refractivity contribution in [1.82, 2.24) is 15.1 Å². The molecule has 8 heteroatoms. The van der Waals surface area contributed by atoms with Crippen LogP contribution in [0.15, 0.2) is 0 Å². The highest BCUT2D eigenvalue weighted by Gasteiger charge is 2.60. The molecule has 2 rings (SSSR count). The van der Waals surface area contributed by atoms with Gasteiger partial charge in [-0.05, 0) is 52.8 Å². The molecule has 7 nitrogen and oxygen atoms in total. The lowest BCUT2D eigenvalue weighted by molar-refractivity contribution is -0.156. The monoisotopic (exact) mass is 357 g/mol. The Morgan fingerprint density at radius 3 is 2.58 bits per heavy atom. The van der Waals surface area contributed by atoms with Gasteiger partial charge in [0.1, 0.15) is 5.60 Å². The number of likely N-dealkylation sites (tertiary alicyclic amines) is 1. The minimum atomic E-state index is -1.04. The summed E-state index contributed by atoms with van der Waals surface area (Å²) in [6.07, 6.45) is 0.804. The number of hydrogen-bond acceptors (Lipinski definition) is 5. The molecule has 2 unspecified atom stereocenters. The Kier molecular flexibility index (Phi) is 5.27. The summed E-state index contributed by atoms with van der Waals surface area (Å²) < 4.78 is 10.6. The molecule has 1 N–H and O–H groups in total. The molecule has 24 heavy (non-hydrogen) atoms. The molecule has 0 spiro atoms. The molecule has 0 aromatic heterocycles. The molecular weight excluding hydrogens is 330 g/mol. The van der Waals surface area contributed by atoms with Crippen molar-refractivity contribution in [3.8, 4) is 0 Å². The first-order chi connectivity index (χ1) is 11.1. The van der Waals surface area contributed by atoms with Gasteiger partial charge in [0.25, 0.3) is 0 Å². The SMILES string of the molecule is CCNC(=S)N1CC2CCC(C(=O)OC)(C1)N2C(=O)OC(C)(C)C. The van der Waals surface area contributed by atoms with E-state index in [-0.39, 0.29) is 6.04 Å². The van der Waals surface area contributed by atoms with Crippen LogP contribution in [0.5, 0.6) is 0 Å². The van der Waals surface area contributed by atoms with Gasteiger partial charge in [0.05, 0.1) is 19.7 Å². The van der Waals surface area contributed by atoms with Crippen molar-refractivity contribution < 1.29 is 19.1 Å². The average Bonchev–Trinajstić information content (AvgIpc) is 2.73. The largest absolute Gasteiger partial charge is 0.467 e. The second-order valence-electron chi connectivity index (χ2n) is 7.28. The van der Waals surface area contributed by atoms with Crippen LogP contribution in [-0.2, 0) is 14.3 Å². The molecule has 0 aromatic rings. The third kappa shape index (κ3) is 3.43. The smallest absolute Gasteiger partial charge is 0.411 e. The van der Waals surface area contributed by atoms with Gasteiger partial charge in [-0.25, -0.2) is 9.59 Å². The Morgan fingerprint density at radius 2 is 2.04 bits per heavy atom. The van der Waals surface area contributed by atoms with Gasteiger partial charge in [-0.15, -0.1) is 0 Å². The number of carbonyl (C=O) groups excluding carboxylic acids is 2. The van der Waals surface area contributed by atoms with Crippen molar-refractivity contribution in [2.75, 3.05) is 26.7 Å². The number of amides is 1. The number of carbonyl (C=O) groups is 2. The molecule has 2 heterocycles. The standard InChI is InChI=1S/C16H27N3O4S/c1-6-17-13(24)18-9-11-7-8-16(10-18,12(20)22-5)19(11)14(21)23-15(2,3)4/h11H,6-10H2,1-5H3,(H,17,24). The molecule has 2 aliphatic rings. The lowest BCUT2D eigenvalue weighted by Gasteiger charge is -2.47. The van der Waals surface area contributed by atoms with Crippen LogP contribution in [0.1, 0.15) is 40.5 Å². The number of ether oxygens (including phenoxy) is 2. The van der Waals surface area contributed by atoms with E-state index in [0.717, 1.165) is 6.42 Å². The number of esters is 1. The Hall–Kier alpha value is -1.57. The van der Waals surface area contributed by atoms with E-state index in [2.05, 4.69) is 5.32 Å². The minimum absolute atomic E-state index is 0.121. The first kappa shape index (κ1) is 18.8. The highest BCUT2D eigenvalue weighted by molar-refractivity contribution is 7.80. The molecule has 0 aliphatic carbocycles. The molecule has 0 saturated carbocycles. The third-order valence-corrected chi connectivity index (χ3v) is 4.77. The van der Waals surface area contributed by atoms with E-state index >= 15 is 0 Å². The molecular formula is C16H27N3O4S. The number of rotatable bonds is 2. The highest BCUT2D eigenvalue weighted by atomic mass is 32.1. The third-order valence-electron chi connectivity index (χ3n) is 4.37. The molecule has 2 bridgehead atoms. The van der Waals surface area contributed by atoms with Crippen molar-refractivity contribution in [2.24, 2.45) is 0 Å². The molecule has 0 aromatic carbocycles. The molecule has 2 saturated heterocycles. The summed E-state index contributed by atoms with van der Waals surface area (Å²) in [5.74, 6) is -0.417. The van der Waals surface area contributed by atoms with Crippen LogP contribution in [0, 0.1) is 0 Å². The van der Waals surface area contributed by atoms with Crippen molar-refractivity contribution in [3.63, 3.8) is 0 Å². The number of nitrogens with zero attached hydrogens (tertiary/aromatic N) is 2. The fourth-order valence-corrected chi connectivity index (χ4v) is 3.76. The fourth-order valence-electron chi connectivity index (χ4n) is 3.47. The van der Waals surface area contributed by atoms with Gasteiger partial charge < -0.3 is 19.7 Å². The van der Waals surface area contributed by atoms with E-state index in [1.54, 1.807) is 4.90 Å². The van der Waals surface area contributed by atoms with Gasteiger partial charge >= 0.3 is 12.1 Å².